The van der Waals surface area contributed by atoms with Gasteiger partial charge in [-0.3, -0.25) is 0 Å². The summed E-state index contributed by atoms with van der Waals surface area (Å²) in [5, 5.41) is 53.3. The number of phenols is 2. The summed E-state index contributed by atoms with van der Waals surface area (Å²) >= 11 is 0. The molecule has 0 amide bonds. The molecule has 1 fully saturated rings. The molecule has 0 radical (unpaired) electrons. The number of hydrogen-bond donors (Lipinski definition) is 6. The van der Waals surface area contributed by atoms with Gasteiger partial charge in [-0.15, -0.1) is 0 Å². The summed E-state index contributed by atoms with van der Waals surface area (Å²) in [6.07, 6.45) is -2.17. The Bertz CT molecular complexity index is 2040. The lowest BCUT2D eigenvalue weighted by molar-refractivity contribution is -0.0765. The molecule has 0 saturated heterocycles. The van der Waals surface area contributed by atoms with Crippen LogP contribution in [0, 0.1) is 0 Å². The Hall–Kier alpha value is -4.92. The van der Waals surface area contributed by atoms with Gasteiger partial charge >= 0.3 is 0 Å². The van der Waals surface area contributed by atoms with Crippen molar-refractivity contribution in [2.24, 2.45) is 0 Å². The van der Waals surface area contributed by atoms with Crippen molar-refractivity contribution in [3.05, 3.63) is 83.9 Å². The zero-order valence-electron chi connectivity index (χ0n) is 26.5. The minimum atomic E-state index is -1.09. The number of phenolic OH excluding ortho intramolecular Hbond substituents is 2. The molecular weight excluding hydrogens is 576 g/mol. The van der Waals surface area contributed by atoms with Gasteiger partial charge in [-0.2, -0.15) is 0 Å². The zero-order valence-corrected chi connectivity index (χ0v) is 26.5. The highest BCUT2D eigenvalue weighted by Gasteiger charge is 2.53. The van der Waals surface area contributed by atoms with Crippen molar-refractivity contribution in [3.8, 4) is 11.5 Å². The normalized spacial score (nSPS) is 19.6. The number of aromatic hydroxyl groups is 2. The molecule has 0 bridgehead atoms. The van der Waals surface area contributed by atoms with E-state index in [-0.39, 0.29) is 11.5 Å². The second kappa shape index (κ2) is 10.9. The van der Waals surface area contributed by atoms with E-state index in [9.17, 15) is 20.4 Å². The molecule has 2 unspecified atom stereocenters. The van der Waals surface area contributed by atoms with E-state index < -0.39 is 24.0 Å². The zero-order chi connectivity index (χ0) is 32.6. The second-order valence-corrected chi connectivity index (χ2v) is 12.6. The first-order chi connectivity index (χ1) is 22.1. The first-order valence-corrected chi connectivity index (χ1v) is 15.8. The van der Waals surface area contributed by atoms with Crippen molar-refractivity contribution in [3.63, 3.8) is 0 Å². The molecule has 8 heteroatoms. The lowest BCUT2D eigenvalue weighted by Crippen LogP contribution is -2.52. The molecule has 236 valence electrons. The number of anilines is 4. The summed E-state index contributed by atoms with van der Waals surface area (Å²) in [5.74, 6) is -1.52. The molecule has 1 aliphatic rings. The van der Waals surface area contributed by atoms with Gasteiger partial charge in [0.1, 0.15) is 11.5 Å². The van der Waals surface area contributed by atoms with Gasteiger partial charge in [0.25, 0.3) is 0 Å². The Morgan fingerprint density at radius 2 is 0.935 bits per heavy atom. The molecule has 1 saturated carbocycles. The van der Waals surface area contributed by atoms with E-state index in [4.69, 9.17) is 11.5 Å². The Balaban J connectivity index is 1.54. The number of benzene rings is 6. The first-order valence-electron chi connectivity index (χ1n) is 15.8. The molecule has 8 N–H and O–H groups in total. The third-order valence-corrected chi connectivity index (χ3v) is 10.0. The van der Waals surface area contributed by atoms with Crippen LogP contribution in [0.1, 0.15) is 36.8 Å². The molecule has 0 heterocycles. The maximum atomic E-state index is 12.3. The number of nitrogen functional groups attached to an aromatic ring is 2. The van der Waals surface area contributed by atoms with E-state index in [1.165, 1.54) is 0 Å². The predicted octanol–water partition coefficient (Wildman–Crippen LogP) is 6.39. The molecule has 2 atom stereocenters. The van der Waals surface area contributed by atoms with Gasteiger partial charge in [-0.1, -0.05) is 48.5 Å². The smallest absolute Gasteiger partial charge is 0.123 e. The van der Waals surface area contributed by atoms with Gasteiger partial charge in [0, 0.05) is 93.5 Å². The average molecular weight is 617 g/mol. The molecule has 0 aromatic heterocycles. The maximum absolute atomic E-state index is 12.3. The monoisotopic (exact) mass is 616 g/mol. The lowest BCUT2D eigenvalue weighted by Gasteiger charge is -2.49. The van der Waals surface area contributed by atoms with Crippen LogP contribution in [0.15, 0.2) is 72.8 Å². The maximum Gasteiger partial charge on any atom is 0.123 e. The molecule has 6 aromatic carbocycles. The fourth-order valence-corrected chi connectivity index (χ4v) is 8.13. The number of nitrogens with zero attached hydrogens (tertiary/aromatic N) is 2. The quantitative estimate of drug-likeness (QED) is 0.0935. The van der Waals surface area contributed by atoms with Gasteiger partial charge in [0.05, 0.1) is 23.6 Å². The molecule has 1 aliphatic carbocycles. The fourth-order valence-electron chi connectivity index (χ4n) is 8.13. The Labute approximate surface area is 267 Å². The summed E-state index contributed by atoms with van der Waals surface area (Å²) in [5.41, 5.74) is 17.5. The highest BCUT2D eigenvalue weighted by molar-refractivity contribution is 6.20. The van der Waals surface area contributed by atoms with Crippen LogP contribution in [0.4, 0.5) is 22.7 Å². The van der Waals surface area contributed by atoms with E-state index in [1.54, 1.807) is 24.3 Å². The second-order valence-electron chi connectivity index (χ2n) is 12.6. The van der Waals surface area contributed by atoms with Gasteiger partial charge < -0.3 is 41.7 Å². The summed E-state index contributed by atoms with van der Waals surface area (Å²) < 4.78 is 0. The highest BCUT2D eigenvalue weighted by Crippen LogP contribution is 2.58. The van der Waals surface area contributed by atoms with Gasteiger partial charge in [-0.25, -0.2) is 0 Å². The van der Waals surface area contributed by atoms with Crippen molar-refractivity contribution < 1.29 is 20.4 Å². The number of rotatable bonds is 6. The van der Waals surface area contributed by atoms with Crippen LogP contribution in [-0.4, -0.2) is 59.8 Å². The fraction of sp³-hybridized carbons (Fsp3) is 0.263. The summed E-state index contributed by atoms with van der Waals surface area (Å²) in [4.78, 5) is 4.23. The first kappa shape index (κ1) is 29.8. The molecule has 6 aromatic rings. The Morgan fingerprint density at radius 1 is 0.565 bits per heavy atom. The van der Waals surface area contributed by atoms with Gasteiger partial charge in [-0.05, 0) is 49.2 Å². The number of hydrogen-bond acceptors (Lipinski definition) is 8. The van der Waals surface area contributed by atoms with Gasteiger partial charge in [0.15, 0.2) is 0 Å². The van der Waals surface area contributed by atoms with E-state index in [2.05, 4.69) is 18.7 Å². The van der Waals surface area contributed by atoms with E-state index in [1.807, 2.05) is 67.5 Å². The molecule has 46 heavy (non-hydrogen) atoms. The Kier molecular flexibility index (Phi) is 7.03. The largest absolute Gasteiger partial charge is 0.507 e. The molecule has 0 aliphatic heterocycles. The summed E-state index contributed by atoms with van der Waals surface area (Å²) in [7, 11) is 3.95. The van der Waals surface area contributed by atoms with E-state index in [0.29, 0.717) is 46.4 Å². The van der Waals surface area contributed by atoms with Crippen LogP contribution in [0.2, 0.25) is 0 Å². The highest BCUT2D eigenvalue weighted by atomic mass is 16.3. The SMILES string of the molecule is CCN(CC)c1c2cccc(O)c2c(C2C(O)C(c3c4c(N)cccc4c(N(C)C)c4cccc(N)c34)C2O)c2c(O)cccc12. The van der Waals surface area contributed by atoms with E-state index in [0.717, 1.165) is 43.7 Å². The summed E-state index contributed by atoms with van der Waals surface area (Å²) in [6.45, 7) is 5.57. The molecular formula is C38H40N4O4. The third-order valence-electron chi connectivity index (χ3n) is 10.0. The number of aliphatic hydroxyl groups is 2. The minimum absolute atomic E-state index is 0.0219. The Morgan fingerprint density at radius 3 is 1.33 bits per heavy atom. The standard InChI is InChI=1S/C38H40N4O4/c1-5-42(6-2)36-21-13-9-17-25(43)29(21)32(30-22(36)14-10-18-26(30)44)34-37(45)33(38(34)46)31-27-19(11-7-15-23(27)39)35(41(3)4)20-12-8-16-24(40)28(20)31/h7-18,33-34,37-38,43-46H,5-6,39-40H2,1-4H3. The molecule has 0 spiro atoms. The molecule has 8 nitrogen and oxygen atoms in total. The third kappa shape index (κ3) is 4.00. The van der Waals surface area contributed by atoms with Crippen LogP contribution >= 0.6 is 0 Å². The molecule has 7 rings (SSSR count). The number of nitrogens with two attached hydrogens (primary N) is 2. The van der Waals surface area contributed by atoms with Crippen LogP contribution in [0.5, 0.6) is 11.5 Å². The lowest BCUT2D eigenvalue weighted by atomic mass is 9.60. The van der Waals surface area contributed by atoms with Crippen molar-refractivity contribution in [2.75, 3.05) is 48.5 Å². The van der Waals surface area contributed by atoms with E-state index >= 15 is 0 Å². The van der Waals surface area contributed by atoms with Crippen molar-refractivity contribution >= 4 is 65.8 Å². The number of aliphatic hydroxyl groups excluding tert-OH is 2. The topological polar surface area (TPSA) is 139 Å². The predicted molar refractivity (Wildman–Crippen MR) is 190 cm³/mol. The van der Waals surface area contributed by atoms with Crippen LogP contribution in [0.3, 0.4) is 0 Å². The van der Waals surface area contributed by atoms with Crippen LogP contribution in [0.25, 0.3) is 43.1 Å². The van der Waals surface area contributed by atoms with Crippen molar-refractivity contribution in [1.82, 2.24) is 0 Å². The van der Waals surface area contributed by atoms with Gasteiger partial charge in [0.2, 0.25) is 0 Å². The number of fused-ring (bicyclic) bond motifs is 4. The van der Waals surface area contributed by atoms with Crippen LogP contribution < -0.4 is 21.3 Å². The van der Waals surface area contributed by atoms with Crippen molar-refractivity contribution in [1.29, 1.82) is 0 Å². The summed E-state index contributed by atoms with van der Waals surface area (Å²) in [6, 6.07) is 22.2. The van der Waals surface area contributed by atoms with Crippen molar-refractivity contribution in [2.45, 2.75) is 37.9 Å². The minimum Gasteiger partial charge on any atom is -0.507 e. The average Bonchev–Trinajstić information content (AvgIpc) is 3.02. The van der Waals surface area contributed by atoms with Crippen LogP contribution in [-0.2, 0) is 0 Å².